The maximum Gasteiger partial charge on any atom is 0.235 e. The molecule has 96 valence electrons. The SMILES string of the molecule is CSc1ccc(F)c(C2(N=C=O)CCCC2)c1F. The van der Waals surface area contributed by atoms with Crippen molar-refractivity contribution in [3.63, 3.8) is 0 Å². The molecule has 0 radical (unpaired) electrons. The maximum absolute atomic E-state index is 14.3. The molecule has 0 atom stereocenters. The van der Waals surface area contributed by atoms with E-state index in [0.29, 0.717) is 17.7 Å². The lowest BCUT2D eigenvalue weighted by Gasteiger charge is -2.24. The summed E-state index contributed by atoms with van der Waals surface area (Å²) in [5, 5.41) is 0. The van der Waals surface area contributed by atoms with Crippen LogP contribution in [0.5, 0.6) is 0 Å². The van der Waals surface area contributed by atoms with Crippen molar-refractivity contribution in [2.45, 2.75) is 36.1 Å². The van der Waals surface area contributed by atoms with Gasteiger partial charge in [-0.05, 0) is 31.2 Å². The number of rotatable bonds is 3. The second-order valence-electron chi connectivity index (χ2n) is 4.38. The summed E-state index contributed by atoms with van der Waals surface area (Å²) >= 11 is 1.21. The fourth-order valence-corrected chi connectivity index (χ4v) is 3.07. The molecule has 1 aliphatic carbocycles. The van der Waals surface area contributed by atoms with Crippen LogP contribution in [0.3, 0.4) is 0 Å². The summed E-state index contributed by atoms with van der Waals surface area (Å²) in [5.41, 5.74) is -1.13. The highest BCUT2D eigenvalue weighted by Gasteiger charge is 2.40. The third kappa shape index (κ3) is 2.08. The van der Waals surface area contributed by atoms with Crippen LogP contribution >= 0.6 is 11.8 Å². The predicted molar refractivity (Wildman–Crippen MR) is 66.4 cm³/mol. The molecular weight excluding hydrogens is 256 g/mol. The highest BCUT2D eigenvalue weighted by Crippen LogP contribution is 2.45. The van der Waals surface area contributed by atoms with Crippen LogP contribution in [0.4, 0.5) is 8.78 Å². The van der Waals surface area contributed by atoms with E-state index in [0.717, 1.165) is 12.8 Å². The van der Waals surface area contributed by atoms with Gasteiger partial charge >= 0.3 is 0 Å². The Labute approximate surface area is 108 Å². The summed E-state index contributed by atoms with van der Waals surface area (Å²) in [6, 6.07) is 2.65. The van der Waals surface area contributed by atoms with E-state index in [1.165, 1.54) is 30.0 Å². The summed E-state index contributed by atoms with van der Waals surface area (Å²) in [6.45, 7) is 0. The Hall–Kier alpha value is -1.19. The lowest BCUT2D eigenvalue weighted by atomic mass is 9.88. The molecule has 0 aromatic heterocycles. The van der Waals surface area contributed by atoms with Gasteiger partial charge in [0.25, 0.3) is 0 Å². The quantitative estimate of drug-likeness (QED) is 0.474. The van der Waals surface area contributed by atoms with Gasteiger partial charge in [0, 0.05) is 4.90 Å². The molecule has 2 rings (SSSR count). The Morgan fingerprint density at radius 3 is 2.56 bits per heavy atom. The predicted octanol–water partition coefficient (Wildman–Crippen LogP) is 3.79. The molecule has 0 N–H and O–H groups in total. The third-order valence-electron chi connectivity index (χ3n) is 3.43. The second kappa shape index (κ2) is 5.21. The fourth-order valence-electron chi connectivity index (χ4n) is 2.58. The average Bonchev–Trinajstić information content (AvgIpc) is 2.79. The van der Waals surface area contributed by atoms with Crippen LogP contribution in [0.1, 0.15) is 31.2 Å². The minimum Gasteiger partial charge on any atom is -0.211 e. The Morgan fingerprint density at radius 2 is 2.00 bits per heavy atom. The molecule has 0 bridgehead atoms. The maximum atomic E-state index is 14.3. The number of isocyanates is 1. The van der Waals surface area contributed by atoms with E-state index >= 15 is 0 Å². The van der Waals surface area contributed by atoms with Gasteiger partial charge in [-0.1, -0.05) is 12.8 Å². The van der Waals surface area contributed by atoms with Crippen molar-refractivity contribution in [1.29, 1.82) is 0 Å². The first-order valence-corrected chi connectivity index (χ1v) is 6.98. The van der Waals surface area contributed by atoms with Crippen molar-refractivity contribution in [3.05, 3.63) is 29.3 Å². The summed E-state index contributed by atoms with van der Waals surface area (Å²) < 4.78 is 28.3. The molecule has 0 aliphatic heterocycles. The molecular formula is C13H13F2NOS. The molecule has 18 heavy (non-hydrogen) atoms. The zero-order chi connectivity index (χ0) is 13.2. The van der Waals surface area contributed by atoms with Crippen LogP contribution in [-0.4, -0.2) is 12.3 Å². The Balaban J connectivity index is 2.64. The van der Waals surface area contributed by atoms with Crippen molar-refractivity contribution in [1.82, 2.24) is 0 Å². The highest BCUT2D eigenvalue weighted by molar-refractivity contribution is 7.98. The van der Waals surface area contributed by atoms with Gasteiger partial charge in [-0.2, -0.15) is 4.99 Å². The first kappa shape index (κ1) is 13.2. The van der Waals surface area contributed by atoms with Crippen LogP contribution in [0.25, 0.3) is 0 Å². The lowest BCUT2D eigenvalue weighted by Crippen LogP contribution is -2.23. The number of halogens is 2. The van der Waals surface area contributed by atoms with E-state index in [4.69, 9.17) is 0 Å². The van der Waals surface area contributed by atoms with Gasteiger partial charge in [0.05, 0.1) is 5.56 Å². The average molecular weight is 269 g/mol. The van der Waals surface area contributed by atoms with Crippen molar-refractivity contribution < 1.29 is 13.6 Å². The van der Waals surface area contributed by atoms with Crippen LogP contribution in [-0.2, 0) is 10.3 Å². The zero-order valence-electron chi connectivity index (χ0n) is 10.0. The highest BCUT2D eigenvalue weighted by atomic mass is 32.2. The smallest absolute Gasteiger partial charge is 0.211 e. The number of hydrogen-bond donors (Lipinski definition) is 0. The minimum absolute atomic E-state index is 0.0739. The Morgan fingerprint density at radius 1 is 1.33 bits per heavy atom. The van der Waals surface area contributed by atoms with E-state index in [-0.39, 0.29) is 5.56 Å². The molecule has 1 aromatic carbocycles. The molecule has 0 amide bonds. The second-order valence-corrected chi connectivity index (χ2v) is 5.23. The molecule has 5 heteroatoms. The van der Waals surface area contributed by atoms with Crippen LogP contribution < -0.4 is 0 Å². The van der Waals surface area contributed by atoms with E-state index in [9.17, 15) is 13.6 Å². The van der Waals surface area contributed by atoms with Crippen molar-refractivity contribution in [2.75, 3.05) is 6.26 Å². The zero-order valence-corrected chi connectivity index (χ0v) is 10.8. The van der Waals surface area contributed by atoms with Crippen molar-refractivity contribution in [2.24, 2.45) is 4.99 Å². The van der Waals surface area contributed by atoms with Gasteiger partial charge in [0.1, 0.15) is 17.2 Å². The summed E-state index contributed by atoms with van der Waals surface area (Å²) in [5.74, 6) is -1.23. The van der Waals surface area contributed by atoms with Gasteiger partial charge in [-0.25, -0.2) is 13.6 Å². The van der Waals surface area contributed by atoms with Gasteiger partial charge < -0.3 is 0 Å². The molecule has 1 fully saturated rings. The summed E-state index contributed by atoms with van der Waals surface area (Å²) in [7, 11) is 0. The standard InChI is InChI=1S/C13H13F2NOS/c1-18-10-5-4-9(14)11(12(10)15)13(16-8-17)6-2-3-7-13/h4-5H,2-3,6-7H2,1H3. The Bertz CT molecular complexity index is 506. The first-order chi connectivity index (χ1) is 8.64. The number of thioether (sulfide) groups is 1. The molecule has 0 heterocycles. The van der Waals surface area contributed by atoms with E-state index in [1.54, 1.807) is 6.26 Å². The molecule has 1 saturated carbocycles. The van der Waals surface area contributed by atoms with Gasteiger partial charge in [-0.3, -0.25) is 0 Å². The first-order valence-electron chi connectivity index (χ1n) is 5.76. The van der Waals surface area contributed by atoms with Gasteiger partial charge in [0.15, 0.2) is 0 Å². The minimum atomic E-state index is -1.05. The summed E-state index contributed by atoms with van der Waals surface area (Å²) in [6.07, 6.45) is 5.82. The number of hydrogen-bond acceptors (Lipinski definition) is 3. The Kier molecular flexibility index (Phi) is 3.83. The monoisotopic (exact) mass is 269 g/mol. The topological polar surface area (TPSA) is 29.4 Å². The fraction of sp³-hybridized carbons (Fsp3) is 0.462. The van der Waals surface area contributed by atoms with E-state index < -0.39 is 17.2 Å². The van der Waals surface area contributed by atoms with E-state index in [2.05, 4.69) is 4.99 Å². The lowest BCUT2D eigenvalue weighted by molar-refractivity contribution is 0.399. The van der Waals surface area contributed by atoms with Crippen molar-refractivity contribution in [3.8, 4) is 0 Å². The number of nitrogens with zero attached hydrogens (tertiary/aromatic N) is 1. The molecule has 1 aliphatic rings. The third-order valence-corrected chi connectivity index (χ3v) is 4.19. The van der Waals surface area contributed by atoms with Gasteiger partial charge in [0.2, 0.25) is 6.08 Å². The molecule has 0 spiro atoms. The molecule has 0 saturated heterocycles. The summed E-state index contributed by atoms with van der Waals surface area (Å²) in [4.78, 5) is 14.7. The molecule has 2 nitrogen and oxygen atoms in total. The largest absolute Gasteiger partial charge is 0.235 e. The van der Waals surface area contributed by atoms with Crippen LogP contribution in [0, 0.1) is 11.6 Å². The van der Waals surface area contributed by atoms with Gasteiger partial charge in [-0.15, -0.1) is 11.8 Å². The van der Waals surface area contributed by atoms with Crippen molar-refractivity contribution >= 4 is 17.8 Å². The molecule has 1 aromatic rings. The van der Waals surface area contributed by atoms with Crippen LogP contribution in [0.15, 0.2) is 22.0 Å². The number of benzene rings is 1. The molecule has 0 unspecified atom stereocenters. The number of carbonyl (C=O) groups excluding carboxylic acids is 1. The van der Waals surface area contributed by atoms with E-state index in [1.807, 2.05) is 0 Å². The van der Waals surface area contributed by atoms with Crippen LogP contribution in [0.2, 0.25) is 0 Å². The normalized spacial score (nSPS) is 17.5. The number of aliphatic imine (C=N–C) groups is 1.